The smallest absolute Gasteiger partial charge is 0.135 e. The first kappa shape index (κ1) is 7.73. The predicted octanol–water partition coefficient (Wildman–Crippen LogP) is 0.194. The summed E-state index contributed by atoms with van der Waals surface area (Å²) in [5.74, 6) is 2.83. The standard InChI is InChI=1S/C8H14N4/c1-12-7(4-5-9)10-11-8(12)6-2-3-6/h6H,2-5,9H2,1H3. The fourth-order valence-electron chi connectivity index (χ4n) is 1.42. The Hall–Kier alpha value is -0.900. The van der Waals surface area contributed by atoms with E-state index < -0.39 is 0 Å². The normalized spacial score (nSPS) is 16.8. The van der Waals surface area contributed by atoms with Crippen LogP contribution in [0.5, 0.6) is 0 Å². The number of rotatable bonds is 3. The quantitative estimate of drug-likeness (QED) is 0.697. The Morgan fingerprint density at radius 2 is 2.25 bits per heavy atom. The lowest BCUT2D eigenvalue weighted by atomic mass is 10.3. The first-order valence-corrected chi connectivity index (χ1v) is 4.41. The molecule has 1 aromatic rings. The minimum atomic E-state index is 0.649. The fourth-order valence-corrected chi connectivity index (χ4v) is 1.42. The van der Waals surface area contributed by atoms with Gasteiger partial charge in [0.05, 0.1) is 0 Å². The van der Waals surface area contributed by atoms with Crippen molar-refractivity contribution in [2.75, 3.05) is 6.54 Å². The van der Waals surface area contributed by atoms with E-state index in [0.717, 1.165) is 18.1 Å². The van der Waals surface area contributed by atoms with Gasteiger partial charge in [0.15, 0.2) is 0 Å². The summed E-state index contributed by atoms with van der Waals surface area (Å²) in [6, 6.07) is 0. The van der Waals surface area contributed by atoms with Crippen LogP contribution in [-0.4, -0.2) is 21.3 Å². The molecule has 0 unspecified atom stereocenters. The largest absolute Gasteiger partial charge is 0.330 e. The van der Waals surface area contributed by atoms with E-state index in [1.165, 1.54) is 12.8 Å². The highest BCUT2D eigenvalue weighted by atomic mass is 15.3. The highest BCUT2D eigenvalue weighted by molar-refractivity contribution is 5.07. The maximum atomic E-state index is 5.45. The Bertz CT molecular complexity index is 275. The van der Waals surface area contributed by atoms with Gasteiger partial charge in [-0.2, -0.15) is 0 Å². The van der Waals surface area contributed by atoms with E-state index in [1.807, 2.05) is 7.05 Å². The first-order chi connectivity index (χ1) is 5.83. The monoisotopic (exact) mass is 166 g/mol. The zero-order chi connectivity index (χ0) is 8.55. The maximum absolute atomic E-state index is 5.45. The van der Waals surface area contributed by atoms with Crippen LogP contribution in [0.2, 0.25) is 0 Å². The third-order valence-corrected chi connectivity index (χ3v) is 2.31. The summed E-state index contributed by atoms with van der Waals surface area (Å²) in [7, 11) is 2.03. The molecule has 0 bridgehead atoms. The lowest BCUT2D eigenvalue weighted by Gasteiger charge is -2.00. The molecule has 4 heteroatoms. The van der Waals surface area contributed by atoms with Crippen molar-refractivity contribution >= 4 is 0 Å². The van der Waals surface area contributed by atoms with Crippen LogP contribution in [0.3, 0.4) is 0 Å². The van der Waals surface area contributed by atoms with Gasteiger partial charge in [-0.3, -0.25) is 0 Å². The van der Waals surface area contributed by atoms with Gasteiger partial charge in [-0.1, -0.05) is 0 Å². The summed E-state index contributed by atoms with van der Waals surface area (Å²) < 4.78 is 2.09. The molecule has 0 saturated heterocycles. The van der Waals surface area contributed by atoms with Crippen molar-refractivity contribution in [2.24, 2.45) is 12.8 Å². The molecule has 1 saturated carbocycles. The van der Waals surface area contributed by atoms with Crippen LogP contribution >= 0.6 is 0 Å². The summed E-state index contributed by atoms with van der Waals surface area (Å²) in [5, 5.41) is 8.25. The van der Waals surface area contributed by atoms with Gasteiger partial charge in [-0.25, -0.2) is 0 Å². The van der Waals surface area contributed by atoms with Crippen LogP contribution in [0.4, 0.5) is 0 Å². The van der Waals surface area contributed by atoms with E-state index in [-0.39, 0.29) is 0 Å². The topological polar surface area (TPSA) is 56.7 Å². The molecule has 1 aliphatic carbocycles. The van der Waals surface area contributed by atoms with Crippen molar-refractivity contribution in [2.45, 2.75) is 25.2 Å². The van der Waals surface area contributed by atoms with Crippen molar-refractivity contribution in [1.29, 1.82) is 0 Å². The molecule has 0 aliphatic heterocycles. The molecule has 66 valence electrons. The van der Waals surface area contributed by atoms with Gasteiger partial charge in [0.1, 0.15) is 11.6 Å². The minimum Gasteiger partial charge on any atom is -0.330 e. The molecular weight excluding hydrogens is 152 g/mol. The molecule has 1 heterocycles. The first-order valence-electron chi connectivity index (χ1n) is 4.41. The fraction of sp³-hybridized carbons (Fsp3) is 0.750. The molecule has 0 atom stereocenters. The molecule has 0 amide bonds. The summed E-state index contributed by atoms with van der Waals surface area (Å²) in [5.41, 5.74) is 5.45. The maximum Gasteiger partial charge on any atom is 0.135 e. The molecule has 4 nitrogen and oxygen atoms in total. The van der Waals surface area contributed by atoms with Crippen LogP contribution in [-0.2, 0) is 13.5 Å². The van der Waals surface area contributed by atoms with Crippen LogP contribution in [0, 0.1) is 0 Å². The Balaban J connectivity index is 2.21. The molecule has 2 rings (SSSR count). The Labute approximate surface area is 71.8 Å². The number of aromatic nitrogens is 3. The zero-order valence-corrected chi connectivity index (χ0v) is 7.32. The van der Waals surface area contributed by atoms with Crippen molar-refractivity contribution in [1.82, 2.24) is 14.8 Å². The molecule has 1 fully saturated rings. The third-order valence-electron chi connectivity index (χ3n) is 2.31. The van der Waals surface area contributed by atoms with E-state index in [4.69, 9.17) is 5.73 Å². The van der Waals surface area contributed by atoms with Gasteiger partial charge in [-0.05, 0) is 19.4 Å². The van der Waals surface area contributed by atoms with Crippen molar-refractivity contribution in [3.8, 4) is 0 Å². The van der Waals surface area contributed by atoms with Gasteiger partial charge >= 0.3 is 0 Å². The van der Waals surface area contributed by atoms with Crippen LogP contribution < -0.4 is 5.73 Å². The number of hydrogen-bond donors (Lipinski definition) is 1. The van der Waals surface area contributed by atoms with Crippen molar-refractivity contribution in [3.05, 3.63) is 11.6 Å². The number of nitrogens with two attached hydrogens (primary N) is 1. The van der Waals surface area contributed by atoms with E-state index in [2.05, 4.69) is 14.8 Å². The molecule has 12 heavy (non-hydrogen) atoms. The van der Waals surface area contributed by atoms with Crippen molar-refractivity contribution in [3.63, 3.8) is 0 Å². The highest BCUT2D eigenvalue weighted by Gasteiger charge is 2.28. The minimum absolute atomic E-state index is 0.649. The molecule has 0 radical (unpaired) electrons. The average molecular weight is 166 g/mol. The van der Waals surface area contributed by atoms with E-state index in [9.17, 15) is 0 Å². The lowest BCUT2D eigenvalue weighted by Crippen LogP contribution is -2.08. The van der Waals surface area contributed by atoms with E-state index in [1.54, 1.807) is 0 Å². The van der Waals surface area contributed by atoms with Gasteiger partial charge < -0.3 is 10.3 Å². The molecule has 1 aliphatic rings. The molecule has 1 aromatic heterocycles. The highest BCUT2D eigenvalue weighted by Crippen LogP contribution is 2.38. The SMILES string of the molecule is Cn1c(CCN)nnc1C1CC1. The van der Waals surface area contributed by atoms with Gasteiger partial charge in [0.25, 0.3) is 0 Å². The van der Waals surface area contributed by atoms with Gasteiger partial charge in [0.2, 0.25) is 0 Å². The molecule has 0 aromatic carbocycles. The van der Waals surface area contributed by atoms with Gasteiger partial charge in [-0.15, -0.1) is 10.2 Å². The lowest BCUT2D eigenvalue weighted by molar-refractivity contribution is 0.739. The second-order valence-corrected chi connectivity index (χ2v) is 3.35. The molecule has 0 spiro atoms. The Kier molecular flexibility index (Phi) is 1.84. The van der Waals surface area contributed by atoms with Crippen molar-refractivity contribution < 1.29 is 0 Å². The number of hydrogen-bond acceptors (Lipinski definition) is 3. The summed E-state index contributed by atoms with van der Waals surface area (Å²) in [6.45, 7) is 0.649. The van der Waals surface area contributed by atoms with Gasteiger partial charge in [0, 0.05) is 19.4 Å². The Morgan fingerprint density at radius 1 is 1.50 bits per heavy atom. The zero-order valence-electron chi connectivity index (χ0n) is 7.32. The third kappa shape index (κ3) is 1.22. The predicted molar refractivity (Wildman–Crippen MR) is 45.7 cm³/mol. The average Bonchev–Trinajstić information content (AvgIpc) is 2.82. The summed E-state index contributed by atoms with van der Waals surface area (Å²) in [6.07, 6.45) is 3.37. The summed E-state index contributed by atoms with van der Waals surface area (Å²) >= 11 is 0. The summed E-state index contributed by atoms with van der Waals surface area (Å²) in [4.78, 5) is 0. The number of nitrogens with zero attached hydrogens (tertiary/aromatic N) is 3. The molecular formula is C8H14N4. The second kappa shape index (κ2) is 2.86. The van der Waals surface area contributed by atoms with E-state index >= 15 is 0 Å². The molecule has 2 N–H and O–H groups in total. The van der Waals surface area contributed by atoms with Crippen LogP contribution in [0.25, 0.3) is 0 Å². The van der Waals surface area contributed by atoms with Crippen LogP contribution in [0.1, 0.15) is 30.4 Å². The second-order valence-electron chi connectivity index (χ2n) is 3.35. The van der Waals surface area contributed by atoms with Crippen LogP contribution in [0.15, 0.2) is 0 Å². The Morgan fingerprint density at radius 3 is 2.83 bits per heavy atom. The van der Waals surface area contributed by atoms with E-state index in [0.29, 0.717) is 12.5 Å².